The molecule has 1 heterocycles. The van der Waals surface area contributed by atoms with Crippen LogP contribution >= 0.6 is 0 Å². The summed E-state index contributed by atoms with van der Waals surface area (Å²) in [5.74, 6) is 1.27. The zero-order chi connectivity index (χ0) is 14.8. The van der Waals surface area contributed by atoms with E-state index in [-0.39, 0.29) is 0 Å². The first kappa shape index (κ1) is 14.1. The van der Waals surface area contributed by atoms with Gasteiger partial charge in [0.25, 0.3) is 0 Å². The molecule has 0 atom stereocenters. The van der Waals surface area contributed by atoms with Gasteiger partial charge < -0.3 is 10.5 Å². The van der Waals surface area contributed by atoms with Crippen molar-refractivity contribution in [3.63, 3.8) is 0 Å². The predicted molar refractivity (Wildman–Crippen MR) is 85.0 cm³/mol. The highest BCUT2D eigenvalue weighted by Gasteiger charge is 2.31. The maximum atomic E-state index is 6.09. The number of hydrogen-bond donors (Lipinski definition) is 2. The summed E-state index contributed by atoms with van der Waals surface area (Å²) in [5.41, 5.74) is 10.7. The molecule has 1 aliphatic rings. The molecular formula is C17H23N3O. The van der Waals surface area contributed by atoms with Gasteiger partial charge in [0.15, 0.2) is 5.82 Å². The van der Waals surface area contributed by atoms with Crippen molar-refractivity contribution in [1.82, 2.24) is 10.2 Å². The fraction of sp³-hybridized carbons (Fsp3) is 0.471. The minimum Gasteiger partial charge on any atom is -0.382 e. The second kappa shape index (κ2) is 5.90. The number of rotatable bonds is 5. The first-order valence-electron chi connectivity index (χ1n) is 7.69. The molecule has 1 fully saturated rings. The van der Waals surface area contributed by atoms with Crippen LogP contribution in [-0.4, -0.2) is 22.9 Å². The molecule has 0 radical (unpaired) electrons. The molecule has 2 aromatic rings. The summed E-state index contributed by atoms with van der Waals surface area (Å²) in [7, 11) is 0. The maximum Gasteiger partial charge on any atom is 0.153 e. The second-order valence-electron chi connectivity index (χ2n) is 5.90. The molecule has 1 saturated carbocycles. The fourth-order valence-electron chi connectivity index (χ4n) is 3.20. The van der Waals surface area contributed by atoms with Gasteiger partial charge in [-0.1, -0.05) is 24.3 Å². The van der Waals surface area contributed by atoms with E-state index in [4.69, 9.17) is 10.5 Å². The highest BCUT2D eigenvalue weighted by atomic mass is 16.5. The van der Waals surface area contributed by atoms with Gasteiger partial charge in [0.05, 0.1) is 6.10 Å². The zero-order valence-electron chi connectivity index (χ0n) is 12.7. The summed E-state index contributed by atoms with van der Waals surface area (Å²) < 4.78 is 5.63. The number of aryl methyl sites for hydroxylation is 1. The van der Waals surface area contributed by atoms with Gasteiger partial charge in [-0.2, -0.15) is 5.10 Å². The van der Waals surface area contributed by atoms with E-state index in [9.17, 15) is 0 Å². The average molecular weight is 285 g/mol. The van der Waals surface area contributed by atoms with Crippen molar-refractivity contribution in [2.24, 2.45) is 5.92 Å². The van der Waals surface area contributed by atoms with E-state index in [1.165, 1.54) is 11.1 Å². The predicted octanol–water partition coefficient (Wildman–Crippen LogP) is 3.32. The molecule has 3 N–H and O–H groups in total. The smallest absolute Gasteiger partial charge is 0.153 e. The van der Waals surface area contributed by atoms with Crippen LogP contribution in [0.1, 0.15) is 31.0 Å². The Hall–Kier alpha value is -1.81. The lowest BCUT2D eigenvalue weighted by Crippen LogP contribution is -2.32. The second-order valence-corrected chi connectivity index (χ2v) is 5.90. The number of anilines is 1. The van der Waals surface area contributed by atoms with E-state index in [2.05, 4.69) is 36.2 Å². The van der Waals surface area contributed by atoms with Gasteiger partial charge in [-0.25, -0.2) is 0 Å². The lowest BCUT2D eigenvalue weighted by Gasteiger charge is -2.34. The highest BCUT2D eigenvalue weighted by molar-refractivity contribution is 5.78. The van der Waals surface area contributed by atoms with Gasteiger partial charge in [-0.15, -0.1) is 0 Å². The molecule has 0 amide bonds. The third-order valence-corrected chi connectivity index (χ3v) is 4.37. The van der Waals surface area contributed by atoms with Crippen LogP contribution in [0.15, 0.2) is 24.3 Å². The monoisotopic (exact) mass is 285 g/mol. The molecule has 1 aliphatic carbocycles. The van der Waals surface area contributed by atoms with Crippen LogP contribution < -0.4 is 5.73 Å². The molecule has 0 aliphatic heterocycles. The van der Waals surface area contributed by atoms with E-state index in [1.807, 2.05) is 12.1 Å². The van der Waals surface area contributed by atoms with Gasteiger partial charge >= 0.3 is 0 Å². The number of nitrogens with two attached hydrogens (primary N) is 1. The summed E-state index contributed by atoms with van der Waals surface area (Å²) in [5, 5.41) is 7.35. The van der Waals surface area contributed by atoms with Crippen molar-refractivity contribution in [3.8, 4) is 11.1 Å². The SMILES string of the molecule is CCOC1CC(Cc2[nH]nc(N)c2-c2ccccc2C)C1. The van der Waals surface area contributed by atoms with Crippen LogP contribution in [0.3, 0.4) is 0 Å². The molecule has 4 heteroatoms. The van der Waals surface area contributed by atoms with Crippen LogP contribution in [0.2, 0.25) is 0 Å². The van der Waals surface area contributed by atoms with Crippen molar-refractivity contribution < 1.29 is 4.74 Å². The van der Waals surface area contributed by atoms with Crippen LogP contribution in [-0.2, 0) is 11.2 Å². The van der Waals surface area contributed by atoms with Crippen molar-refractivity contribution in [1.29, 1.82) is 0 Å². The van der Waals surface area contributed by atoms with Crippen LogP contribution in [0.5, 0.6) is 0 Å². The first-order chi connectivity index (χ1) is 10.2. The zero-order valence-corrected chi connectivity index (χ0v) is 12.7. The number of aromatic nitrogens is 2. The number of aromatic amines is 1. The maximum absolute atomic E-state index is 6.09. The lowest BCUT2D eigenvalue weighted by atomic mass is 9.78. The third kappa shape index (κ3) is 2.81. The number of nitrogen functional groups attached to an aromatic ring is 1. The quantitative estimate of drug-likeness (QED) is 0.885. The molecule has 4 nitrogen and oxygen atoms in total. The number of nitrogens with one attached hydrogen (secondary N) is 1. The molecular weight excluding hydrogens is 262 g/mol. The molecule has 21 heavy (non-hydrogen) atoms. The summed E-state index contributed by atoms with van der Waals surface area (Å²) in [6.07, 6.45) is 3.72. The van der Waals surface area contributed by atoms with Crippen molar-refractivity contribution in [3.05, 3.63) is 35.5 Å². The number of H-pyrrole nitrogens is 1. The minimum atomic E-state index is 0.446. The Morgan fingerprint density at radius 1 is 1.33 bits per heavy atom. The largest absolute Gasteiger partial charge is 0.382 e. The summed E-state index contributed by atoms with van der Waals surface area (Å²) in [6, 6.07) is 8.32. The summed E-state index contributed by atoms with van der Waals surface area (Å²) >= 11 is 0. The molecule has 0 unspecified atom stereocenters. The van der Waals surface area contributed by atoms with Gasteiger partial charge in [0.2, 0.25) is 0 Å². The number of ether oxygens (including phenoxy) is 1. The Morgan fingerprint density at radius 3 is 2.81 bits per heavy atom. The van der Waals surface area contributed by atoms with E-state index in [0.29, 0.717) is 17.8 Å². The Labute approximate surface area is 125 Å². The molecule has 0 saturated heterocycles. The van der Waals surface area contributed by atoms with E-state index < -0.39 is 0 Å². The highest BCUT2D eigenvalue weighted by Crippen LogP contribution is 2.37. The molecule has 1 aromatic heterocycles. The number of hydrogen-bond acceptors (Lipinski definition) is 3. The number of benzene rings is 1. The average Bonchev–Trinajstić information content (AvgIpc) is 2.78. The van der Waals surface area contributed by atoms with Crippen LogP contribution in [0.4, 0.5) is 5.82 Å². The van der Waals surface area contributed by atoms with Gasteiger partial charge in [0.1, 0.15) is 0 Å². The standard InChI is InChI=1S/C17H23N3O/c1-3-21-13-8-12(9-13)10-15-16(17(18)20-19-15)14-7-5-4-6-11(14)2/h4-7,12-13H,3,8-10H2,1-2H3,(H3,18,19,20). The van der Waals surface area contributed by atoms with E-state index in [1.54, 1.807) is 0 Å². The minimum absolute atomic E-state index is 0.446. The van der Waals surface area contributed by atoms with Crippen molar-refractivity contribution in [2.75, 3.05) is 12.3 Å². The fourth-order valence-corrected chi connectivity index (χ4v) is 3.20. The van der Waals surface area contributed by atoms with Gasteiger partial charge in [-0.3, -0.25) is 5.10 Å². The molecule has 3 rings (SSSR count). The molecule has 0 bridgehead atoms. The molecule has 112 valence electrons. The molecule has 1 aromatic carbocycles. The lowest BCUT2D eigenvalue weighted by molar-refractivity contribution is -0.0242. The topological polar surface area (TPSA) is 63.9 Å². The van der Waals surface area contributed by atoms with E-state index in [0.717, 1.165) is 37.1 Å². The van der Waals surface area contributed by atoms with Gasteiger partial charge in [-0.05, 0) is 50.2 Å². The Morgan fingerprint density at radius 2 is 2.10 bits per heavy atom. The Bertz CT molecular complexity index is 614. The Kier molecular flexibility index (Phi) is 3.97. The van der Waals surface area contributed by atoms with Gasteiger partial charge in [0, 0.05) is 17.9 Å². The Balaban J connectivity index is 1.78. The summed E-state index contributed by atoms with van der Waals surface area (Å²) in [6.45, 7) is 4.97. The summed E-state index contributed by atoms with van der Waals surface area (Å²) in [4.78, 5) is 0. The van der Waals surface area contributed by atoms with Crippen LogP contribution in [0.25, 0.3) is 11.1 Å². The number of nitrogens with zero attached hydrogens (tertiary/aromatic N) is 1. The van der Waals surface area contributed by atoms with Crippen molar-refractivity contribution in [2.45, 2.75) is 39.2 Å². The third-order valence-electron chi connectivity index (χ3n) is 4.37. The van der Waals surface area contributed by atoms with Crippen molar-refractivity contribution >= 4 is 5.82 Å². The first-order valence-corrected chi connectivity index (χ1v) is 7.69. The van der Waals surface area contributed by atoms with Crippen LogP contribution in [0, 0.1) is 12.8 Å². The molecule has 0 spiro atoms. The normalized spacial score (nSPS) is 21.2. The van der Waals surface area contributed by atoms with E-state index >= 15 is 0 Å².